The first-order valence-corrected chi connectivity index (χ1v) is 7.54. The number of aromatic hydroxyl groups is 1. The van der Waals surface area contributed by atoms with Crippen LogP contribution in [0.25, 0.3) is 23.5 Å². The van der Waals surface area contributed by atoms with Crippen molar-refractivity contribution in [3.05, 3.63) is 77.6 Å². The van der Waals surface area contributed by atoms with Crippen LogP contribution in [0.5, 0.6) is 5.75 Å². The van der Waals surface area contributed by atoms with E-state index in [1.54, 1.807) is 36.7 Å². The number of benzene rings is 2. The molecule has 0 radical (unpaired) electrons. The molecule has 0 unspecified atom stereocenters. The van der Waals surface area contributed by atoms with Crippen LogP contribution >= 0.6 is 0 Å². The maximum absolute atomic E-state index is 10.0. The Labute approximate surface area is 144 Å². The summed E-state index contributed by atoms with van der Waals surface area (Å²) in [6.07, 6.45) is 7.11. The average molecular weight is 332 g/mol. The van der Waals surface area contributed by atoms with E-state index in [4.69, 9.17) is 10.9 Å². The van der Waals surface area contributed by atoms with Gasteiger partial charge in [0.1, 0.15) is 5.75 Å². The fraction of sp³-hybridized carbons (Fsp3) is 0. The molecule has 0 aliphatic rings. The molecule has 2 aromatic carbocycles. The Kier molecular flexibility index (Phi) is 4.71. The van der Waals surface area contributed by atoms with E-state index in [9.17, 15) is 5.11 Å². The predicted octanol–water partition coefficient (Wildman–Crippen LogP) is 3.11. The lowest BCUT2D eigenvalue weighted by molar-refractivity contribution is 0.318. The Morgan fingerprint density at radius 2 is 1.60 bits per heavy atom. The van der Waals surface area contributed by atoms with Crippen LogP contribution in [0.1, 0.15) is 16.7 Å². The Bertz CT molecular complexity index is 920. The first kappa shape index (κ1) is 16.2. The molecule has 3 aromatic rings. The number of oxime groups is 1. The fourth-order valence-electron chi connectivity index (χ4n) is 2.29. The minimum absolute atomic E-state index is 0.0709. The molecule has 124 valence electrons. The van der Waals surface area contributed by atoms with Crippen molar-refractivity contribution in [2.45, 2.75) is 0 Å². The lowest BCUT2D eigenvalue weighted by atomic mass is 10.1. The summed E-state index contributed by atoms with van der Waals surface area (Å²) in [6.45, 7) is 0. The molecule has 6 heteroatoms. The molecule has 25 heavy (non-hydrogen) atoms. The third kappa shape index (κ3) is 3.81. The van der Waals surface area contributed by atoms with E-state index in [0.29, 0.717) is 17.0 Å². The standard InChI is InChI=1S/C19H16N4O2/c20-18(23-25)15-7-4-13(5-8-15)2-3-14-6-9-17(24)16(12-14)19-21-10-1-11-22-19/h1-12,24-25H,(H2,20,23)/b3-2+. The van der Waals surface area contributed by atoms with Crippen molar-refractivity contribution >= 4 is 18.0 Å². The number of nitrogens with two attached hydrogens (primary N) is 1. The maximum atomic E-state index is 10.0. The summed E-state index contributed by atoms with van der Waals surface area (Å²) in [5.41, 5.74) is 8.62. The molecule has 6 nitrogen and oxygen atoms in total. The van der Waals surface area contributed by atoms with Gasteiger partial charge < -0.3 is 16.0 Å². The van der Waals surface area contributed by atoms with Gasteiger partial charge in [-0.15, -0.1) is 0 Å². The molecule has 3 rings (SSSR count). The molecule has 0 spiro atoms. The second-order valence-corrected chi connectivity index (χ2v) is 5.29. The van der Waals surface area contributed by atoms with E-state index in [2.05, 4.69) is 15.1 Å². The second-order valence-electron chi connectivity index (χ2n) is 5.29. The van der Waals surface area contributed by atoms with Crippen molar-refractivity contribution in [2.75, 3.05) is 0 Å². The monoisotopic (exact) mass is 332 g/mol. The highest BCUT2D eigenvalue weighted by molar-refractivity contribution is 5.97. The summed E-state index contributed by atoms with van der Waals surface area (Å²) in [5.74, 6) is 0.673. The molecule has 0 saturated heterocycles. The lowest BCUT2D eigenvalue weighted by Crippen LogP contribution is -2.12. The van der Waals surface area contributed by atoms with Crippen LogP contribution in [0.2, 0.25) is 0 Å². The van der Waals surface area contributed by atoms with Crippen molar-refractivity contribution in [1.82, 2.24) is 9.97 Å². The number of phenols is 1. The minimum Gasteiger partial charge on any atom is -0.507 e. The van der Waals surface area contributed by atoms with Crippen molar-refractivity contribution in [3.63, 3.8) is 0 Å². The summed E-state index contributed by atoms with van der Waals surface area (Å²) in [4.78, 5) is 8.33. The normalized spacial score (nSPS) is 11.8. The van der Waals surface area contributed by atoms with Gasteiger partial charge in [0.15, 0.2) is 11.7 Å². The largest absolute Gasteiger partial charge is 0.507 e. The highest BCUT2D eigenvalue weighted by atomic mass is 16.4. The number of nitrogens with zero attached hydrogens (tertiary/aromatic N) is 3. The van der Waals surface area contributed by atoms with Crippen LogP contribution in [-0.2, 0) is 0 Å². The van der Waals surface area contributed by atoms with Crippen molar-refractivity contribution < 1.29 is 10.3 Å². The molecule has 1 aromatic heterocycles. The Morgan fingerprint density at radius 3 is 2.28 bits per heavy atom. The number of aromatic nitrogens is 2. The fourth-order valence-corrected chi connectivity index (χ4v) is 2.29. The van der Waals surface area contributed by atoms with Gasteiger partial charge >= 0.3 is 0 Å². The summed E-state index contributed by atoms with van der Waals surface area (Å²) < 4.78 is 0. The second kappa shape index (κ2) is 7.27. The van der Waals surface area contributed by atoms with Crippen LogP contribution in [0.4, 0.5) is 0 Å². The van der Waals surface area contributed by atoms with E-state index in [0.717, 1.165) is 11.1 Å². The van der Waals surface area contributed by atoms with Gasteiger partial charge in [-0.1, -0.05) is 47.6 Å². The molecule has 0 aliphatic carbocycles. The highest BCUT2D eigenvalue weighted by Gasteiger charge is 2.06. The van der Waals surface area contributed by atoms with Crippen LogP contribution in [0.15, 0.2) is 66.1 Å². The zero-order valence-corrected chi connectivity index (χ0v) is 13.2. The Morgan fingerprint density at radius 1 is 0.960 bits per heavy atom. The number of phenolic OH excluding ortho intramolecular Hbond substituents is 1. The van der Waals surface area contributed by atoms with Gasteiger partial charge in [-0.25, -0.2) is 9.97 Å². The molecule has 0 atom stereocenters. The predicted molar refractivity (Wildman–Crippen MR) is 97.0 cm³/mol. The van der Waals surface area contributed by atoms with Gasteiger partial charge in [0, 0.05) is 18.0 Å². The summed E-state index contributed by atoms with van der Waals surface area (Å²) >= 11 is 0. The van der Waals surface area contributed by atoms with Gasteiger partial charge in [0.05, 0.1) is 5.56 Å². The first-order chi connectivity index (χ1) is 12.2. The quantitative estimate of drug-likeness (QED) is 0.224. The Hall–Kier alpha value is -3.67. The van der Waals surface area contributed by atoms with E-state index < -0.39 is 0 Å². The van der Waals surface area contributed by atoms with Gasteiger partial charge in [-0.3, -0.25) is 0 Å². The van der Waals surface area contributed by atoms with Crippen LogP contribution in [0, 0.1) is 0 Å². The number of hydrogen-bond donors (Lipinski definition) is 3. The molecular formula is C19H16N4O2. The van der Waals surface area contributed by atoms with E-state index in [1.165, 1.54) is 0 Å². The zero-order chi connectivity index (χ0) is 17.6. The van der Waals surface area contributed by atoms with E-state index >= 15 is 0 Å². The van der Waals surface area contributed by atoms with Crippen molar-refractivity contribution in [2.24, 2.45) is 10.9 Å². The van der Waals surface area contributed by atoms with Gasteiger partial charge in [0.2, 0.25) is 0 Å². The third-order valence-electron chi connectivity index (χ3n) is 3.61. The molecule has 0 saturated carbocycles. The summed E-state index contributed by atoms with van der Waals surface area (Å²) in [5, 5.41) is 21.7. The lowest BCUT2D eigenvalue weighted by Gasteiger charge is -2.04. The summed E-state index contributed by atoms with van der Waals surface area (Å²) in [6, 6.07) is 14.3. The van der Waals surface area contributed by atoms with Crippen molar-refractivity contribution in [1.29, 1.82) is 0 Å². The molecular weight excluding hydrogens is 316 g/mol. The molecule has 1 heterocycles. The first-order valence-electron chi connectivity index (χ1n) is 7.54. The van der Waals surface area contributed by atoms with Crippen LogP contribution < -0.4 is 5.73 Å². The number of rotatable bonds is 4. The number of hydrogen-bond acceptors (Lipinski definition) is 5. The minimum atomic E-state index is 0.0709. The molecule has 4 N–H and O–H groups in total. The number of amidine groups is 1. The average Bonchev–Trinajstić information content (AvgIpc) is 2.68. The maximum Gasteiger partial charge on any atom is 0.170 e. The van der Waals surface area contributed by atoms with Crippen LogP contribution in [0.3, 0.4) is 0 Å². The van der Waals surface area contributed by atoms with Crippen LogP contribution in [-0.4, -0.2) is 26.1 Å². The van der Waals surface area contributed by atoms with Gasteiger partial charge in [0.25, 0.3) is 0 Å². The summed E-state index contributed by atoms with van der Waals surface area (Å²) in [7, 11) is 0. The zero-order valence-electron chi connectivity index (χ0n) is 13.2. The van der Waals surface area contributed by atoms with Crippen molar-refractivity contribution in [3.8, 4) is 17.1 Å². The third-order valence-corrected chi connectivity index (χ3v) is 3.61. The Balaban J connectivity index is 1.85. The van der Waals surface area contributed by atoms with Gasteiger partial charge in [-0.05, 0) is 29.3 Å². The smallest absolute Gasteiger partial charge is 0.170 e. The van der Waals surface area contributed by atoms with E-state index in [-0.39, 0.29) is 11.6 Å². The topological polar surface area (TPSA) is 105 Å². The SMILES string of the molecule is N/C(=N\O)c1ccc(/C=C/c2ccc(O)c(-c3ncccn3)c2)cc1. The molecule has 0 bridgehead atoms. The molecule has 0 amide bonds. The molecule has 0 fully saturated rings. The van der Waals surface area contributed by atoms with E-state index in [1.807, 2.05) is 36.4 Å². The highest BCUT2D eigenvalue weighted by Crippen LogP contribution is 2.27. The van der Waals surface area contributed by atoms with Gasteiger partial charge in [-0.2, -0.15) is 0 Å². The molecule has 0 aliphatic heterocycles.